The normalized spacial score (nSPS) is 19.9. The van der Waals surface area contributed by atoms with Crippen LogP contribution >= 0.6 is 12.4 Å². The number of benzene rings is 1. The summed E-state index contributed by atoms with van der Waals surface area (Å²) in [5, 5.41) is 2.92. The standard InChI is InChI=1S/C22H24N4O4.ClH/c27-21-19(11-17-9-16(12-23-17)13-25-3-6-29-7-4-25)18-10-15(1-2-20(18)24-21)14-26-5-8-30-22(26)28;/h1-2,9-12,23H,3-8,13-14H2,(H,24,27);1H. The van der Waals surface area contributed by atoms with Gasteiger partial charge in [-0.15, -0.1) is 12.4 Å². The number of carbonyl (C=O) groups excluding carboxylic acids is 2. The second-order valence-electron chi connectivity index (χ2n) is 7.78. The quantitative estimate of drug-likeness (QED) is 0.692. The fourth-order valence-corrected chi connectivity index (χ4v) is 4.07. The number of fused-ring (bicyclic) bond motifs is 1. The number of carbonyl (C=O) groups is 2. The molecule has 2 fully saturated rings. The third kappa shape index (κ3) is 4.61. The average Bonchev–Trinajstić information content (AvgIpc) is 3.44. The first-order valence-corrected chi connectivity index (χ1v) is 10.2. The number of nitrogens with zero attached hydrogens (tertiary/aromatic N) is 2. The Morgan fingerprint density at radius 2 is 1.84 bits per heavy atom. The summed E-state index contributed by atoms with van der Waals surface area (Å²) in [6, 6.07) is 7.88. The van der Waals surface area contributed by atoms with Crippen LogP contribution in [0.25, 0.3) is 11.6 Å². The number of hydrogen-bond acceptors (Lipinski definition) is 5. The number of aromatic amines is 1. The molecule has 0 bridgehead atoms. The third-order valence-corrected chi connectivity index (χ3v) is 5.66. The van der Waals surface area contributed by atoms with Gasteiger partial charge in [0, 0.05) is 49.3 Å². The molecule has 3 aliphatic heterocycles. The lowest BCUT2D eigenvalue weighted by Crippen LogP contribution is -2.35. The molecule has 1 aromatic carbocycles. The molecule has 0 radical (unpaired) electrons. The summed E-state index contributed by atoms with van der Waals surface area (Å²) in [5.41, 5.74) is 5.31. The van der Waals surface area contributed by atoms with Crippen LogP contribution in [0, 0.1) is 0 Å². The van der Waals surface area contributed by atoms with Gasteiger partial charge in [0.25, 0.3) is 5.91 Å². The second-order valence-corrected chi connectivity index (χ2v) is 7.78. The molecule has 2 amide bonds. The lowest BCUT2D eigenvalue weighted by Gasteiger charge is -2.25. The van der Waals surface area contributed by atoms with Crippen molar-refractivity contribution < 1.29 is 19.1 Å². The number of H-pyrrole nitrogens is 1. The Morgan fingerprint density at radius 1 is 1.00 bits per heavy atom. The van der Waals surface area contributed by atoms with Crippen LogP contribution in [-0.2, 0) is 27.4 Å². The van der Waals surface area contributed by atoms with E-state index in [4.69, 9.17) is 9.47 Å². The minimum atomic E-state index is -0.292. The number of aromatic nitrogens is 1. The van der Waals surface area contributed by atoms with E-state index in [1.165, 1.54) is 5.56 Å². The van der Waals surface area contributed by atoms with Gasteiger partial charge in [-0.2, -0.15) is 0 Å². The average molecular weight is 445 g/mol. The van der Waals surface area contributed by atoms with Crippen LogP contribution in [0.2, 0.25) is 0 Å². The predicted molar refractivity (Wildman–Crippen MR) is 119 cm³/mol. The van der Waals surface area contributed by atoms with E-state index < -0.39 is 0 Å². The summed E-state index contributed by atoms with van der Waals surface area (Å²) >= 11 is 0. The highest BCUT2D eigenvalue weighted by atomic mass is 35.5. The molecular weight excluding hydrogens is 420 g/mol. The smallest absolute Gasteiger partial charge is 0.410 e. The van der Waals surface area contributed by atoms with Crippen molar-refractivity contribution in [1.82, 2.24) is 14.8 Å². The first-order chi connectivity index (χ1) is 14.7. The number of hydrogen-bond donors (Lipinski definition) is 2. The van der Waals surface area contributed by atoms with E-state index in [0.717, 1.165) is 55.4 Å². The van der Waals surface area contributed by atoms with Gasteiger partial charge in [0.2, 0.25) is 0 Å². The first-order valence-electron chi connectivity index (χ1n) is 10.2. The van der Waals surface area contributed by atoms with Crippen molar-refractivity contribution in [3.8, 4) is 0 Å². The second kappa shape index (κ2) is 9.13. The van der Waals surface area contributed by atoms with Crippen molar-refractivity contribution in [2.24, 2.45) is 0 Å². The Labute approximate surface area is 186 Å². The van der Waals surface area contributed by atoms with E-state index in [1.807, 2.05) is 30.5 Å². The maximum atomic E-state index is 12.6. The highest BCUT2D eigenvalue weighted by Crippen LogP contribution is 2.34. The number of amides is 2. The van der Waals surface area contributed by atoms with Crippen LogP contribution < -0.4 is 5.32 Å². The fraction of sp³-hybridized carbons (Fsp3) is 0.364. The minimum absolute atomic E-state index is 0. The van der Waals surface area contributed by atoms with Gasteiger partial charge < -0.3 is 24.7 Å². The van der Waals surface area contributed by atoms with Gasteiger partial charge in [-0.3, -0.25) is 9.69 Å². The number of anilines is 1. The zero-order valence-electron chi connectivity index (χ0n) is 17.1. The van der Waals surface area contributed by atoms with E-state index >= 15 is 0 Å². The molecular formula is C22H25ClN4O4. The number of rotatable bonds is 5. The Balaban J connectivity index is 0.00000231. The van der Waals surface area contributed by atoms with Gasteiger partial charge >= 0.3 is 6.09 Å². The van der Waals surface area contributed by atoms with Gasteiger partial charge in [0.05, 0.1) is 25.3 Å². The van der Waals surface area contributed by atoms with Gasteiger partial charge in [-0.05, 0) is 35.4 Å². The van der Waals surface area contributed by atoms with Crippen LogP contribution in [0.15, 0.2) is 30.5 Å². The maximum Gasteiger partial charge on any atom is 0.410 e. The minimum Gasteiger partial charge on any atom is -0.448 e. The van der Waals surface area contributed by atoms with Crippen LogP contribution in [-0.4, -0.2) is 66.2 Å². The summed E-state index contributed by atoms with van der Waals surface area (Å²) in [6.45, 7) is 5.77. The number of ether oxygens (including phenoxy) is 2. The highest BCUT2D eigenvalue weighted by molar-refractivity contribution is 6.34. The fourth-order valence-electron chi connectivity index (χ4n) is 4.07. The van der Waals surface area contributed by atoms with E-state index in [2.05, 4.69) is 21.3 Å². The van der Waals surface area contributed by atoms with E-state index in [1.54, 1.807) is 4.90 Å². The SMILES string of the molecule is Cl.O=C1Nc2ccc(CN3CCOC3=O)cc2C1=Cc1cc(CN2CCOCC2)c[nH]1. The molecule has 0 spiro atoms. The zero-order chi connectivity index (χ0) is 20.5. The van der Waals surface area contributed by atoms with Crippen molar-refractivity contribution in [3.05, 3.63) is 52.8 Å². The number of morpholine rings is 1. The topological polar surface area (TPSA) is 86.9 Å². The van der Waals surface area contributed by atoms with E-state index in [0.29, 0.717) is 25.3 Å². The molecule has 4 heterocycles. The van der Waals surface area contributed by atoms with Gasteiger partial charge in [-0.25, -0.2) is 4.79 Å². The van der Waals surface area contributed by atoms with Crippen molar-refractivity contribution in [1.29, 1.82) is 0 Å². The number of halogens is 1. The molecule has 8 nitrogen and oxygen atoms in total. The molecule has 2 aromatic rings. The first kappa shape index (κ1) is 21.4. The van der Waals surface area contributed by atoms with Crippen molar-refractivity contribution >= 4 is 41.7 Å². The molecule has 31 heavy (non-hydrogen) atoms. The molecule has 2 N–H and O–H groups in total. The molecule has 0 unspecified atom stereocenters. The largest absolute Gasteiger partial charge is 0.448 e. The maximum absolute atomic E-state index is 12.6. The molecule has 0 atom stereocenters. The molecule has 164 valence electrons. The molecule has 3 aliphatic rings. The summed E-state index contributed by atoms with van der Waals surface area (Å²) in [5.74, 6) is -0.118. The Bertz CT molecular complexity index is 1010. The molecule has 5 rings (SSSR count). The highest BCUT2D eigenvalue weighted by Gasteiger charge is 2.26. The Hall–Kier alpha value is -2.81. The molecule has 9 heteroatoms. The monoisotopic (exact) mass is 444 g/mol. The van der Waals surface area contributed by atoms with Crippen molar-refractivity contribution in [2.75, 3.05) is 44.8 Å². The van der Waals surface area contributed by atoms with Gasteiger partial charge in [0.1, 0.15) is 6.61 Å². The van der Waals surface area contributed by atoms with Crippen LogP contribution in [0.5, 0.6) is 0 Å². The van der Waals surface area contributed by atoms with Crippen LogP contribution in [0.4, 0.5) is 10.5 Å². The summed E-state index contributed by atoms with van der Waals surface area (Å²) in [4.78, 5) is 31.6. The molecule has 2 saturated heterocycles. The molecule has 0 aliphatic carbocycles. The number of nitrogens with one attached hydrogen (secondary N) is 2. The van der Waals surface area contributed by atoms with Crippen molar-refractivity contribution in [2.45, 2.75) is 13.1 Å². The zero-order valence-corrected chi connectivity index (χ0v) is 17.9. The molecule has 1 aromatic heterocycles. The van der Waals surface area contributed by atoms with Crippen LogP contribution in [0.1, 0.15) is 22.4 Å². The van der Waals surface area contributed by atoms with Crippen molar-refractivity contribution in [3.63, 3.8) is 0 Å². The lowest BCUT2D eigenvalue weighted by atomic mass is 10.0. The summed E-state index contributed by atoms with van der Waals surface area (Å²) in [6.07, 6.45) is 3.59. The van der Waals surface area contributed by atoms with E-state index in [9.17, 15) is 9.59 Å². The Kier molecular flexibility index (Phi) is 6.31. The lowest BCUT2D eigenvalue weighted by molar-refractivity contribution is -0.110. The third-order valence-electron chi connectivity index (χ3n) is 5.66. The summed E-state index contributed by atoms with van der Waals surface area (Å²) < 4.78 is 10.4. The van der Waals surface area contributed by atoms with E-state index in [-0.39, 0.29) is 24.4 Å². The van der Waals surface area contributed by atoms with Crippen LogP contribution in [0.3, 0.4) is 0 Å². The number of cyclic esters (lactones) is 1. The Morgan fingerprint density at radius 3 is 2.61 bits per heavy atom. The predicted octanol–water partition coefficient (Wildman–Crippen LogP) is 2.71. The molecule has 0 saturated carbocycles. The summed E-state index contributed by atoms with van der Waals surface area (Å²) in [7, 11) is 0. The van der Waals surface area contributed by atoms with Gasteiger partial charge in [0.15, 0.2) is 0 Å². The van der Waals surface area contributed by atoms with Gasteiger partial charge in [-0.1, -0.05) is 6.07 Å².